The van der Waals surface area contributed by atoms with Crippen molar-refractivity contribution in [2.75, 3.05) is 0 Å². The van der Waals surface area contributed by atoms with E-state index in [0.29, 0.717) is 23.8 Å². The van der Waals surface area contributed by atoms with Gasteiger partial charge in [-0.2, -0.15) is 0 Å². The number of hydrogen-bond donors (Lipinski definition) is 0. The Morgan fingerprint density at radius 3 is 2.10 bits per heavy atom. The van der Waals surface area contributed by atoms with Crippen molar-refractivity contribution in [2.45, 2.75) is 58.2 Å². The number of carbonyl (C=O) groups excluding carboxylic acids is 2. The molecule has 0 aromatic heterocycles. The van der Waals surface area contributed by atoms with Crippen LogP contribution in [0.5, 0.6) is 0 Å². The number of ether oxygens (including phenoxy) is 2. The van der Waals surface area contributed by atoms with Crippen LogP contribution >= 0.6 is 0 Å². The van der Waals surface area contributed by atoms with Gasteiger partial charge in [0.1, 0.15) is 12.7 Å². The minimum absolute atomic E-state index is 0.0971. The third kappa shape index (κ3) is 4.26. The van der Waals surface area contributed by atoms with E-state index in [1.165, 1.54) is 32.1 Å². The lowest BCUT2D eigenvalue weighted by Gasteiger charge is -2.53. The second-order valence-corrected chi connectivity index (χ2v) is 9.93. The maximum Gasteiger partial charge on any atom is 0.333 e. The first-order valence-electron chi connectivity index (χ1n) is 11.5. The molecule has 0 unspecified atom stereocenters. The molecular weight excluding hydrogens is 388 g/mol. The normalized spacial score (nSPS) is 28.5. The summed E-state index contributed by atoms with van der Waals surface area (Å²) in [6.07, 6.45) is 6.89. The molecule has 0 N–H and O–H groups in total. The monoisotopic (exact) mass is 418 g/mol. The third-order valence-electron chi connectivity index (χ3n) is 7.44. The van der Waals surface area contributed by atoms with E-state index in [2.05, 4.69) is 12.6 Å². The Hall–Kier alpha value is -2.62. The molecule has 0 spiro atoms. The molecule has 6 rings (SSSR count). The minimum Gasteiger partial charge on any atom is -0.462 e. The van der Waals surface area contributed by atoms with E-state index in [-0.39, 0.29) is 24.6 Å². The van der Waals surface area contributed by atoms with E-state index >= 15 is 0 Å². The lowest BCUT2D eigenvalue weighted by molar-refractivity contribution is -0.169. The molecular formula is C27H30O4. The highest BCUT2D eigenvalue weighted by Crippen LogP contribution is 2.54. The van der Waals surface area contributed by atoms with Crippen LogP contribution in [0, 0.1) is 23.7 Å². The summed E-state index contributed by atoms with van der Waals surface area (Å²) in [6, 6.07) is 12.0. The van der Waals surface area contributed by atoms with Crippen molar-refractivity contribution in [3.63, 3.8) is 0 Å². The lowest BCUT2D eigenvalue weighted by Crippen LogP contribution is -2.50. The Morgan fingerprint density at radius 2 is 1.48 bits per heavy atom. The molecule has 0 radical (unpaired) electrons. The van der Waals surface area contributed by atoms with Gasteiger partial charge in [-0.3, -0.25) is 4.79 Å². The molecule has 0 amide bonds. The summed E-state index contributed by atoms with van der Waals surface area (Å²) in [4.78, 5) is 24.3. The highest BCUT2D eigenvalue weighted by molar-refractivity contribution is 5.87. The van der Waals surface area contributed by atoms with E-state index in [1.54, 1.807) is 6.92 Å². The summed E-state index contributed by atoms with van der Waals surface area (Å²) < 4.78 is 11.3. The van der Waals surface area contributed by atoms with Crippen molar-refractivity contribution < 1.29 is 19.1 Å². The average molecular weight is 419 g/mol. The highest BCUT2D eigenvalue weighted by atomic mass is 16.5. The quantitative estimate of drug-likeness (QED) is 0.467. The first-order chi connectivity index (χ1) is 14.9. The van der Waals surface area contributed by atoms with Gasteiger partial charge in [0.25, 0.3) is 0 Å². The molecule has 4 fully saturated rings. The molecule has 162 valence electrons. The number of hydrogen-bond acceptors (Lipinski definition) is 4. The van der Waals surface area contributed by atoms with E-state index in [4.69, 9.17) is 9.47 Å². The summed E-state index contributed by atoms with van der Waals surface area (Å²) in [6.45, 7) is 5.46. The van der Waals surface area contributed by atoms with E-state index < -0.39 is 0 Å². The molecule has 4 bridgehead atoms. The second kappa shape index (κ2) is 8.14. The first kappa shape index (κ1) is 20.3. The van der Waals surface area contributed by atoms with Crippen LogP contribution in [0.1, 0.15) is 50.2 Å². The fourth-order valence-electron chi connectivity index (χ4n) is 6.24. The van der Waals surface area contributed by atoms with Crippen molar-refractivity contribution in [1.29, 1.82) is 0 Å². The predicted molar refractivity (Wildman–Crippen MR) is 119 cm³/mol. The molecule has 4 aliphatic rings. The molecule has 2 aromatic rings. The van der Waals surface area contributed by atoms with Crippen molar-refractivity contribution in [3.05, 3.63) is 59.7 Å². The molecule has 4 aliphatic carbocycles. The maximum absolute atomic E-state index is 12.7. The Balaban J connectivity index is 1.21. The summed E-state index contributed by atoms with van der Waals surface area (Å²) in [5.74, 6) is 2.47. The maximum atomic E-state index is 12.7. The topological polar surface area (TPSA) is 52.6 Å². The number of esters is 2. The minimum atomic E-state index is -0.381. The summed E-state index contributed by atoms with van der Waals surface area (Å²) in [5, 5.41) is 2.12. The molecule has 4 nitrogen and oxygen atoms in total. The molecule has 4 heteroatoms. The number of fused-ring (bicyclic) bond motifs is 1. The van der Waals surface area contributed by atoms with Crippen molar-refractivity contribution >= 4 is 22.7 Å². The number of benzene rings is 2. The van der Waals surface area contributed by atoms with Gasteiger partial charge < -0.3 is 9.47 Å². The van der Waals surface area contributed by atoms with Gasteiger partial charge in [-0.15, -0.1) is 0 Å². The van der Waals surface area contributed by atoms with Crippen molar-refractivity contribution in [2.24, 2.45) is 23.7 Å². The second-order valence-electron chi connectivity index (χ2n) is 9.93. The average Bonchev–Trinajstić information content (AvgIpc) is 2.74. The molecule has 31 heavy (non-hydrogen) atoms. The lowest BCUT2D eigenvalue weighted by atomic mass is 9.55. The van der Waals surface area contributed by atoms with Gasteiger partial charge in [0.05, 0.1) is 6.42 Å². The van der Waals surface area contributed by atoms with Gasteiger partial charge in [-0.05, 0) is 90.7 Å². The van der Waals surface area contributed by atoms with E-state index in [0.717, 1.165) is 33.7 Å². The molecule has 0 aliphatic heterocycles. The Morgan fingerprint density at radius 1 is 0.903 bits per heavy atom. The van der Waals surface area contributed by atoms with Crippen LogP contribution in [-0.4, -0.2) is 18.0 Å². The van der Waals surface area contributed by atoms with Gasteiger partial charge in [0.2, 0.25) is 0 Å². The number of carbonyl (C=O) groups is 2. The zero-order chi connectivity index (χ0) is 21.5. The van der Waals surface area contributed by atoms with Gasteiger partial charge in [0.15, 0.2) is 0 Å². The van der Waals surface area contributed by atoms with Gasteiger partial charge >= 0.3 is 11.9 Å². The van der Waals surface area contributed by atoms with Crippen LogP contribution in [0.3, 0.4) is 0 Å². The summed E-state index contributed by atoms with van der Waals surface area (Å²) >= 11 is 0. The highest BCUT2D eigenvalue weighted by Gasteiger charge is 2.49. The predicted octanol–water partition coefficient (Wildman–Crippen LogP) is 5.37. The Kier molecular flexibility index (Phi) is 5.33. The van der Waals surface area contributed by atoms with Crippen molar-refractivity contribution in [3.8, 4) is 0 Å². The molecule has 4 saturated carbocycles. The van der Waals surface area contributed by atoms with Crippen LogP contribution in [0.15, 0.2) is 48.6 Å². The van der Waals surface area contributed by atoms with Gasteiger partial charge in [-0.1, -0.05) is 36.9 Å². The van der Waals surface area contributed by atoms with Crippen LogP contribution in [-0.2, 0) is 32.1 Å². The fourth-order valence-corrected chi connectivity index (χ4v) is 6.24. The third-order valence-corrected chi connectivity index (χ3v) is 7.44. The molecule has 0 saturated heterocycles. The smallest absolute Gasteiger partial charge is 0.333 e. The fraction of sp³-hybridized carbons (Fsp3) is 0.481. The Bertz CT molecular complexity index is 1010. The van der Waals surface area contributed by atoms with Crippen LogP contribution in [0.25, 0.3) is 10.8 Å². The van der Waals surface area contributed by atoms with Gasteiger partial charge in [0, 0.05) is 5.57 Å². The largest absolute Gasteiger partial charge is 0.462 e. The standard InChI is InChI=1S/C27H30O4/c1-16(2)27(29)30-15-18-4-6-21-8-17(3-5-22(21)9-18)14-25(28)31-26-23-10-19-7-20(12-23)13-24(26)11-19/h3-6,8-9,19-20,23-24,26H,1,7,10-15H2,2H3. The van der Waals surface area contributed by atoms with Crippen molar-refractivity contribution in [1.82, 2.24) is 0 Å². The molecule has 0 heterocycles. The first-order valence-corrected chi connectivity index (χ1v) is 11.5. The number of rotatable bonds is 6. The zero-order valence-electron chi connectivity index (χ0n) is 18.1. The zero-order valence-corrected chi connectivity index (χ0v) is 18.1. The van der Waals surface area contributed by atoms with Crippen LogP contribution in [0.4, 0.5) is 0 Å². The molecule has 2 aromatic carbocycles. The Labute approximate surface area is 183 Å². The summed E-state index contributed by atoms with van der Waals surface area (Å²) in [5.41, 5.74) is 2.30. The van der Waals surface area contributed by atoms with E-state index in [9.17, 15) is 9.59 Å². The van der Waals surface area contributed by atoms with Crippen LogP contribution < -0.4 is 0 Å². The molecule has 0 atom stereocenters. The van der Waals surface area contributed by atoms with Gasteiger partial charge in [-0.25, -0.2) is 4.79 Å². The SMILES string of the molecule is C=C(C)C(=O)OCc1ccc2cc(CC(=O)OC3C4CC5CC(C4)CC3C5)ccc2c1. The summed E-state index contributed by atoms with van der Waals surface area (Å²) in [7, 11) is 0. The van der Waals surface area contributed by atoms with E-state index in [1.807, 2.05) is 30.3 Å². The van der Waals surface area contributed by atoms with Crippen LogP contribution in [0.2, 0.25) is 0 Å².